The van der Waals surface area contributed by atoms with E-state index in [1.807, 2.05) is 18.2 Å². The summed E-state index contributed by atoms with van der Waals surface area (Å²) in [7, 11) is 0. The summed E-state index contributed by atoms with van der Waals surface area (Å²) in [6.07, 6.45) is 0. The molecule has 1 aromatic rings. The largest absolute Gasteiger partial charge is 0.389 e. The van der Waals surface area contributed by atoms with Gasteiger partial charge in [0.15, 0.2) is 0 Å². The third-order valence-corrected chi connectivity index (χ3v) is 1.23. The molecular weight excluding hydrogens is 130 g/mol. The predicted molar refractivity (Wildman–Crippen MR) is 41.2 cm³/mol. The van der Waals surface area contributed by atoms with Crippen LogP contribution in [-0.4, -0.2) is 4.99 Å². The summed E-state index contributed by atoms with van der Waals surface area (Å²) in [4.78, 5) is 0.423. The Morgan fingerprint density at radius 1 is 1.67 bits per heavy atom. The maximum Gasteiger partial charge on any atom is 0.104 e. The van der Waals surface area contributed by atoms with Crippen LogP contribution in [0.1, 0.15) is 5.56 Å². The van der Waals surface area contributed by atoms with Crippen LogP contribution in [0.15, 0.2) is 24.3 Å². The van der Waals surface area contributed by atoms with Crippen molar-refractivity contribution in [2.45, 2.75) is 0 Å². The Labute approximate surface area is 59.5 Å². The van der Waals surface area contributed by atoms with Crippen LogP contribution >= 0.6 is 12.2 Å². The Kier molecular flexibility index (Phi) is 1.80. The van der Waals surface area contributed by atoms with Crippen molar-refractivity contribution in [2.24, 2.45) is 5.73 Å². The average Bonchev–Trinajstić information content (AvgIpc) is 1.90. The third kappa shape index (κ3) is 1.50. The molecule has 45 valence electrons. The molecule has 0 saturated heterocycles. The van der Waals surface area contributed by atoms with E-state index in [1.165, 1.54) is 0 Å². The average molecular weight is 136 g/mol. The zero-order valence-corrected chi connectivity index (χ0v) is 5.61. The SMILES string of the molecule is NC(=S)c1c[c]ccc1. The normalized spacial score (nSPS) is 8.89. The summed E-state index contributed by atoms with van der Waals surface area (Å²) >= 11 is 4.72. The molecule has 0 aliphatic carbocycles. The van der Waals surface area contributed by atoms with E-state index in [2.05, 4.69) is 6.07 Å². The van der Waals surface area contributed by atoms with Crippen LogP contribution in [0, 0.1) is 6.07 Å². The topological polar surface area (TPSA) is 26.0 Å². The van der Waals surface area contributed by atoms with Crippen molar-refractivity contribution in [2.75, 3.05) is 0 Å². The van der Waals surface area contributed by atoms with Gasteiger partial charge in [-0.2, -0.15) is 0 Å². The van der Waals surface area contributed by atoms with Crippen molar-refractivity contribution in [1.29, 1.82) is 0 Å². The number of benzene rings is 1. The molecule has 0 unspecified atom stereocenters. The molecule has 0 aliphatic rings. The van der Waals surface area contributed by atoms with Gasteiger partial charge >= 0.3 is 0 Å². The number of nitrogens with two attached hydrogens (primary N) is 1. The fourth-order valence-corrected chi connectivity index (χ4v) is 0.674. The number of rotatable bonds is 1. The van der Waals surface area contributed by atoms with Gasteiger partial charge in [-0.1, -0.05) is 30.4 Å². The summed E-state index contributed by atoms with van der Waals surface area (Å²) < 4.78 is 0. The smallest absolute Gasteiger partial charge is 0.104 e. The Hall–Kier alpha value is -0.890. The Morgan fingerprint density at radius 3 is 2.78 bits per heavy atom. The molecule has 1 nitrogen and oxygen atoms in total. The second-order valence-electron chi connectivity index (χ2n) is 1.66. The quantitative estimate of drug-likeness (QED) is 0.585. The molecule has 9 heavy (non-hydrogen) atoms. The van der Waals surface area contributed by atoms with E-state index in [1.54, 1.807) is 6.07 Å². The molecule has 0 amide bonds. The van der Waals surface area contributed by atoms with Crippen LogP contribution in [0.5, 0.6) is 0 Å². The van der Waals surface area contributed by atoms with E-state index >= 15 is 0 Å². The van der Waals surface area contributed by atoms with Crippen LogP contribution in [0.3, 0.4) is 0 Å². The number of hydrogen-bond acceptors (Lipinski definition) is 1. The molecule has 0 saturated carbocycles. The number of hydrogen-bond donors (Lipinski definition) is 1. The van der Waals surface area contributed by atoms with Gasteiger partial charge in [0, 0.05) is 5.56 Å². The molecule has 0 atom stereocenters. The molecule has 1 aromatic carbocycles. The van der Waals surface area contributed by atoms with Crippen molar-refractivity contribution < 1.29 is 0 Å². The zero-order valence-electron chi connectivity index (χ0n) is 4.79. The van der Waals surface area contributed by atoms with Gasteiger partial charge in [0.2, 0.25) is 0 Å². The lowest BCUT2D eigenvalue weighted by Gasteiger charge is -1.92. The van der Waals surface area contributed by atoms with E-state index in [-0.39, 0.29) is 0 Å². The standard InChI is InChI=1S/C7H6NS/c8-7(9)6-4-2-1-3-5-6/h1-2,4-5H,(H2,8,9). The van der Waals surface area contributed by atoms with Gasteiger partial charge in [-0.25, -0.2) is 0 Å². The van der Waals surface area contributed by atoms with E-state index < -0.39 is 0 Å². The maximum absolute atomic E-state index is 5.33. The maximum atomic E-state index is 5.33. The highest BCUT2D eigenvalue weighted by Crippen LogP contribution is 1.95. The Morgan fingerprint density at radius 2 is 2.44 bits per heavy atom. The monoisotopic (exact) mass is 136 g/mol. The van der Waals surface area contributed by atoms with Gasteiger partial charge in [-0.15, -0.1) is 0 Å². The molecule has 2 heteroatoms. The lowest BCUT2D eigenvalue weighted by atomic mass is 10.2. The van der Waals surface area contributed by atoms with Crippen LogP contribution < -0.4 is 5.73 Å². The summed E-state index contributed by atoms with van der Waals surface area (Å²) in [5.41, 5.74) is 6.19. The molecule has 0 spiro atoms. The first-order valence-electron chi connectivity index (χ1n) is 2.56. The Balaban J connectivity index is 2.98. The molecule has 0 heterocycles. The van der Waals surface area contributed by atoms with Crippen LogP contribution in [-0.2, 0) is 0 Å². The van der Waals surface area contributed by atoms with E-state index in [0.717, 1.165) is 5.56 Å². The fraction of sp³-hybridized carbons (Fsp3) is 0. The van der Waals surface area contributed by atoms with Gasteiger partial charge in [-0.3, -0.25) is 0 Å². The first-order valence-corrected chi connectivity index (χ1v) is 2.97. The minimum absolute atomic E-state index is 0.423. The molecule has 0 aromatic heterocycles. The van der Waals surface area contributed by atoms with Crippen molar-refractivity contribution in [3.05, 3.63) is 35.9 Å². The number of thiocarbonyl (C=S) groups is 1. The van der Waals surface area contributed by atoms with Gasteiger partial charge < -0.3 is 5.73 Å². The second kappa shape index (κ2) is 2.60. The second-order valence-corrected chi connectivity index (χ2v) is 2.10. The van der Waals surface area contributed by atoms with Crippen molar-refractivity contribution in [3.63, 3.8) is 0 Å². The zero-order chi connectivity index (χ0) is 6.69. The van der Waals surface area contributed by atoms with Crippen LogP contribution in [0.25, 0.3) is 0 Å². The van der Waals surface area contributed by atoms with Crippen molar-refractivity contribution in [3.8, 4) is 0 Å². The highest BCUT2D eigenvalue weighted by molar-refractivity contribution is 7.80. The van der Waals surface area contributed by atoms with E-state index in [0.29, 0.717) is 4.99 Å². The molecule has 1 rings (SSSR count). The minimum atomic E-state index is 0.423. The predicted octanol–water partition coefficient (Wildman–Crippen LogP) is 1.12. The molecule has 0 bridgehead atoms. The van der Waals surface area contributed by atoms with E-state index in [9.17, 15) is 0 Å². The third-order valence-electron chi connectivity index (χ3n) is 0.992. The van der Waals surface area contributed by atoms with Crippen molar-refractivity contribution >= 4 is 17.2 Å². The summed E-state index contributed by atoms with van der Waals surface area (Å²) in [6, 6.07) is 10.2. The lowest BCUT2D eigenvalue weighted by molar-refractivity contribution is 1.62. The lowest BCUT2D eigenvalue weighted by Crippen LogP contribution is -2.08. The highest BCUT2D eigenvalue weighted by Gasteiger charge is 1.89. The van der Waals surface area contributed by atoms with Gasteiger partial charge in [0.05, 0.1) is 0 Å². The highest BCUT2D eigenvalue weighted by atomic mass is 32.1. The van der Waals surface area contributed by atoms with Crippen molar-refractivity contribution in [1.82, 2.24) is 0 Å². The first kappa shape index (κ1) is 6.23. The van der Waals surface area contributed by atoms with Gasteiger partial charge in [0.25, 0.3) is 0 Å². The first-order chi connectivity index (χ1) is 4.30. The van der Waals surface area contributed by atoms with Crippen LogP contribution in [0.4, 0.5) is 0 Å². The molecular formula is C7H6NS. The fourth-order valence-electron chi connectivity index (χ4n) is 0.547. The summed E-state index contributed by atoms with van der Waals surface area (Å²) in [6.45, 7) is 0. The molecule has 0 aliphatic heterocycles. The molecule has 0 fully saturated rings. The van der Waals surface area contributed by atoms with Gasteiger partial charge in [-0.05, 0) is 12.1 Å². The minimum Gasteiger partial charge on any atom is -0.389 e. The van der Waals surface area contributed by atoms with E-state index in [4.69, 9.17) is 18.0 Å². The van der Waals surface area contributed by atoms with Crippen LogP contribution in [0.2, 0.25) is 0 Å². The summed E-state index contributed by atoms with van der Waals surface area (Å²) in [5, 5.41) is 0. The van der Waals surface area contributed by atoms with Gasteiger partial charge in [0.1, 0.15) is 4.99 Å². The Bertz CT molecular complexity index is 205. The molecule has 1 radical (unpaired) electrons. The molecule has 2 N–H and O–H groups in total. The summed E-state index contributed by atoms with van der Waals surface area (Å²) in [5.74, 6) is 0.